The fourth-order valence-electron chi connectivity index (χ4n) is 5.40. The molecule has 6 aromatic rings. The van der Waals surface area contributed by atoms with Crippen molar-refractivity contribution in [2.75, 3.05) is 0 Å². The third-order valence-corrected chi connectivity index (χ3v) is 7.34. The minimum Gasteiger partial charge on any atom is -0.423 e. The fraction of sp³-hybridized carbons (Fsp3) is 0.0270. The van der Waals surface area contributed by atoms with Crippen molar-refractivity contribution >= 4 is 56.2 Å². The van der Waals surface area contributed by atoms with Gasteiger partial charge in [-0.15, -0.1) is 0 Å². The van der Waals surface area contributed by atoms with Crippen molar-refractivity contribution in [2.24, 2.45) is 7.05 Å². The molecule has 0 unspecified atom stereocenters. The lowest BCUT2D eigenvalue weighted by molar-refractivity contribution is -0.129. The second-order valence-electron chi connectivity index (χ2n) is 9.84. The standard InChI is InChI=1S/C37H27NO4/c1-4-35(39)41-27-18-14-24(15-19-27)32(25-16-20-28(21-17-25)42-36(40)5-2)22-26-23-33-30-11-8-9-13-34(30)38(3)37(33)31-12-7-6-10-29(26)31/h4-23H,1-2H2,3H3. The van der Waals surface area contributed by atoms with Crippen molar-refractivity contribution in [3.05, 3.63) is 145 Å². The molecule has 5 heteroatoms. The minimum absolute atomic E-state index is 0.428. The Hall–Kier alpha value is -5.68. The van der Waals surface area contributed by atoms with Gasteiger partial charge in [-0.2, -0.15) is 0 Å². The lowest BCUT2D eigenvalue weighted by Gasteiger charge is -2.13. The van der Waals surface area contributed by atoms with Crippen LogP contribution < -0.4 is 9.47 Å². The van der Waals surface area contributed by atoms with E-state index in [1.54, 1.807) is 24.3 Å². The molecule has 0 aliphatic carbocycles. The second-order valence-corrected chi connectivity index (χ2v) is 9.84. The van der Waals surface area contributed by atoms with E-state index in [4.69, 9.17) is 9.47 Å². The van der Waals surface area contributed by atoms with E-state index >= 15 is 0 Å². The third-order valence-electron chi connectivity index (χ3n) is 7.34. The van der Waals surface area contributed by atoms with Gasteiger partial charge in [0.2, 0.25) is 0 Å². The maximum atomic E-state index is 11.7. The molecule has 0 aliphatic heterocycles. The summed E-state index contributed by atoms with van der Waals surface area (Å²) >= 11 is 0. The van der Waals surface area contributed by atoms with Gasteiger partial charge in [0.25, 0.3) is 0 Å². The first-order valence-electron chi connectivity index (χ1n) is 13.5. The number of aryl methyl sites for hydroxylation is 1. The Labute approximate surface area is 243 Å². The third kappa shape index (κ3) is 4.88. The smallest absolute Gasteiger partial charge is 0.335 e. The van der Waals surface area contributed by atoms with Gasteiger partial charge in [0.05, 0.1) is 5.52 Å². The Kier molecular flexibility index (Phi) is 6.99. The largest absolute Gasteiger partial charge is 0.423 e. The number of fused-ring (bicyclic) bond motifs is 5. The van der Waals surface area contributed by atoms with Gasteiger partial charge in [-0.05, 0) is 70.1 Å². The van der Waals surface area contributed by atoms with Crippen LogP contribution in [0.2, 0.25) is 0 Å². The first-order valence-corrected chi connectivity index (χ1v) is 13.5. The van der Waals surface area contributed by atoms with E-state index in [1.165, 1.54) is 21.8 Å². The van der Waals surface area contributed by atoms with Crippen molar-refractivity contribution in [2.45, 2.75) is 0 Å². The molecule has 0 spiro atoms. The van der Waals surface area contributed by atoms with Crippen LogP contribution in [0.5, 0.6) is 11.5 Å². The zero-order chi connectivity index (χ0) is 29.2. The summed E-state index contributed by atoms with van der Waals surface area (Å²) in [7, 11) is 2.11. The van der Waals surface area contributed by atoms with Crippen LogP contribution in [0.25, 0.3) is 44.2 Å². The summed E-state index contributed by atoms with van der Waals surface area (Å²) in [6, 6.07) is 33.8. The average molecular weight is 550 g/mol. The number of nitrogens with zero attached hydrogens (tertiary/aromatic N) is 1. The number of para-hydroxylation sites is 1. The zero-order valence-corrected chi connectivity index (χ0v) is 23.0. The molecule has 5 aromatic carbocycles. The predicted molar refractivity (Wildman–Crippen MR) is 169 cm³/mol. The predicted octanol–water partition coefficient (Wildman–Crippen LogP) is 8.26. The van der Waals surface area contributed by atoms with E-state index < -0.39 is 11.9 Å². The van der Waals surface area contributed by atoms with Crippen LogP contribution in [0.1, 0.15) is 16.7 Å². The quantitative estimate of drug-likeness (QED) is 0.0871. The highest BCUT2D eigenvalue weighted by atomic mass is 16.5. The summed E-state index contributed by atoms with van der Waals surface area (Å²) in [5, 5.41) is 4.66. The van der Waals surface area contributed by atoms with Crippen molar-refractivity contribution in [3.8, 4) is 11.5 Å². The molecule has 1 heterocycles. The van der Waals surface area contributed by atoms with Crippen LogP contribution in [-0.2, 0) is 16.6 Å². The maximum absolute atomic E-state index is 11.7. The molecular weight excluding hydrogens is 522 g/mol. The number of ether oxygens (including phenoxy) is 2. The molecule has 0 saturated heterocycles. The number of benzene rings is 5. The highest BCUT2D eigenvalue weighted by Crippen LogP contribution is 2.38. The maximum Gasteiger partial charge on any atom is 0.335 e. The van der Waals surface area contributed by atoms with E-state index in [1.807, 2.05) is 24.3 Å². The molecular formula is C37H27NO4. The Balaban J connectivity index is 1.56. The van der Waals surface area contributed by atoms with E-state index in [-0.39, 0.29) is 0 Å². The Morgan fingerprint density at radius 1 is 0.643 bits per heavy atom. The van der Waals surface area contributed by atoms with Crippen molar-refractivity contribution < 1.29 is 19.1 Å². The van der Waals surface area contributed by atoms with Crippen molar-refractivity contribution in [1.29, 1.82) is 0 Å². The van der Waals surface area contributed by atoms with Gasteiger partial charge < -0.3 is 14.0 Å². The molecule has 204 valence electrons. The number of hydrogen-bond donors (Lipinski definition) is 0. The zero-order valence-electron chi connectivity index (χ0n) is 23.0. The highest BCUT2D eigenvalue weighted by molar-refractivity contribution is 6.20. The molecule has 0 radical (unpaired) electrons. The van der Waals surface area contributed by atoms with Gasteiger partial charge in [0.1, 0.15) is 11.5 Å². The molecule has 0 bridgehead atoms. The normalized spacial score (nSPS) is 10.9. The lowest BCUT2D eigenvalue weighted by Crippen LogP contribution is -2.03. The van der Waals surface area contributed by atoms with E-state index in [2.05, 4.69) is 85.4 Å². The summed E-state index contributed by atoms with van der Waals surface area (Å²) in [5.74, 6) is -0.175. The van der Waals surface area contributed by atoms with Gasteiger partial charge in [0, 0.05) is 40.9 Å². The van der Waals surface area contributed by atoms with Crippen molar-refractivity contribution in [3.63, 3.8) is 0 Å². The fourth-order valence-corrected chi connectivity index (χ4v) is 5.40. The minimum atomic E-state index is -0.516. The van der Waals surface area contributed by atoms with Gasteiger partial charge in [0.15, 0.2) is 0 Å². The van der Waals surface area contributed by atoms with E-state index in [0.717, 1.165) is 45.2 Å². The first-order chi connectivity index (χ1) is 20.5. The molecule has 0 amide bonds. The molecule has 0 N–H and O–H groups in total. The van der Waals surface area contributed by atoms with Crippen LogP contribution in [0.3, 0.4) is 0 Å². The molecule has 0 atom stereocenters. The summed E-state index contributed by atoms with van der Waals surface area (Å²) in [6.07, 6.45) is 4.45. The van der Waals surface area contributed by atoms with E-state index in [9.17, 15) is 9.59 Å². The SMILES string of the molecule is C=CC(=O)Oc1ccc(C(=Cc2cc3c4ccccc4n(C)c3c3ccccc23)c2ccc(OC(=O)C=C)cc2)cc1. The lowest BCUT2D eigenvalue weighted by atomic mass is 9.92. The Bertz CT molecular complexity index is 1980. The van der Waals surface area contributed by atoms with Crippen molar-refractivity contribution in [1.82, 2.24) is 4.57 Å². The Morgan fingerprint density at radius 2 is 1.14 bits per heavy atom. The van der Waals surface area contributed by atoms with Crippen LogP contribution in [0, 0.1) is 0 Å². The summed E-state index contributed by atoms with van der Waals surface area (Å²) in [6.45, 7) is 6.93. The Morgan fingerprint density at radius 3 is 1.69 bits per heavy atom. The van der Waals surface area contributed by atoms with Gasteiger partial charge >= 0.3 is 11.9 Å². The monoisotopic (exact) mass is 549 g/mol. The molecule has 0 aliphatic rings. The van der Waals surface area contributed by atoms with Gasteiger partial charge in [-0.3, -0.25) is 0 Å². The highest BCUT2D eigenvalue weighted by Gasteiger charge is 2.15. The summed E-state index contributed by atoms with van der Waals surface area (Å²) in [5.41, 5.74) is 6.22. The number of carbonyl (C=O) groups is 2. The van der Waals surface area contributed by atoms with Crippen LogP contribution >= 0.6 is 0 Å². The van der Waals surface area contributed by atoms with Gasteiger partial charge in [-0.25, -0.2) is 9.59 Å². The van der Waals surface area contributed by atoms with Gasteiger partial charge in [-0.1, -0.05) is 79.9 Å². The number of aromatic nitrogens is 1. The topological polar surface area (TPSA) is 57.5 Å². The van der Waals surface area contributed by atoms with E-state index in [0.29, 0.717) is 11.5 Å². The first kappa shape index (κ1) is 26.5. The second kappa shape index (κ2) is 11.1. The molecule has 1 aromatic heterocycles. The summed E-state index contributed by atoms with van der Waals surface area (Å²) < 4.78 is 12.9. The number of carbonyl (C=O) groups excluding carboxylic acids is 2. The van der Waals surface area contributed by atoms with Crippen LogP contribution in [0.15, 0.2) is 128 Å². The molecule has 42 heavy (non-hydrogen) atoms. The van der Waals surface area contributed by atoms with Crippen LogP contribution in [-0.4, -0.2) is 16.5 Å². The summed E-state index contributed by atoms with van der Waals surface area (Å²) in [4.78, 5) is 23.4. The van der Waals surface area contributed by atoms with Crippen LogP contribution in [0.4, 0.5) is 0 Å². The molecule has 0 fully saturated rings. The molecule has 6 rings (SSSR count). The average Bonchev–Trinajstić information content (AvgIpc) is 3.32. The number of rotatable bonds is 7. The number of hydrogen-bond acceptors (Lipinski definition) is 4. The molecule has 0 saturated carbocycles. The molecule has 5 nitrogen and oxygen atoms in total. The number of esters is 2.